The predicted molar refractivity (Wildman–Crippen MR) is 179 cm³/mol. The number of carboxylic acid groups (broad SMARTS) is 1. The van der Waals surface area contributed by atoms with Crippen molar-refractivity contribution in [3.63, 3.8) is 0 Å². The van der Waals surface area contributed by atoms with Gasteiger partial charge in [-0.05, 0) is 90.5 Å². The number of anilines is 2. The van der Waals surface area contributed by atoms with Crippen LogP contribution in [0, 0.1) is 6.92 Å². The third kappa shape index (κ3) is 8.31. The minimum Gasteiger partial charge on any atom is -0.478 e. The fourth-order valence-corrected chi connectivity index (χ4v) is 7.15. The van der Waals surface area contributed by atoms with Crippen LogP contribution >= 0.6 is 0 Å². The van der Waals surface area contributed by atoms with Gasteiger partial charge in [0.15, 0.2) is 0 Å². The molecule has 1 aliphatic carbocycles. The second kappa shape index (κ2) is 15.0. The third-order valence-corrected chi connectivity index (χ3v) is 9.90. The Labute approximate surface area is 268 Å². The number of amides is 2. The number of aryl methyl sites for hydroxylation is 1. The van der Waals surface area contributed by atoms with Gasteiger partial charge in [0.2, 0.25) is 5.95 Å². The van der Waals surface area contributed by atoms with Gasteiger partial charge >= 0.3 is 12.0 Å². The number of allylic oxidation sites excluding steroid dienone is 4. The van der Waals surface area contributed by atoms with Crippen molar-refractivity contribution in [3.05, 3.63) is 70.6 Å². The van der Waals surface area contributed by atoms with Crippen LogP contribution in [-0.2, 0) is 6.54 Å². The molecular weight excluding hydrogens is 564 g/mol. The SMILES string of the molecule is C/C=C(C)\C=C(/C)CCC1CN(C2CCCCC2)C(=O)N1C1CCN(Cc2cnc(Nc3ccc(C(=O)O)cc3)nc2C)CC1. The topological polar surface area (TPSA) is 102 Å². The van der Waals surface area contributed by atoms with E-state index in [2.05, 4.69) is 62.9 Å². The molecule has 3 fully saturated rings. The summed E-state index contributed by atoms with van der Waals surface area (Å²) in [7, 11) is 0. The highest BCUT2D eigenvalue weighted by Gasteiger charge is 2.44. The maximum Gasteiger partial charge on any atom is 0.335 e. The maximum absolute atomic E-state index is 14.0. The highest BCUT2D eigenvalue weighted by Crippen LogP contribution is 2.33. The molecule has 5 rings (SSSR count). The minimum absolute atomic E-state index is 0.241. The van der Waals surface area contributed by atoms with Crippen LogP contribution < -0.4 is 5.32 Å². The summed E-state index contributed by atoms with van der Waals surface area (Å²) >= 11 is 0. The molecule has 2 aliphatic heterocycles. The number of nitrogens with one attached hydrogen (secondary N) is 1. The normalized spacial score (nSPS) is 21.1. The first kappa shape index (κ1) is 32.7. The third-order valence-electron chi connectivity index (χ3n) is 9.90. The molecular formula is C36H50N6O3. The Morgan fingerprint density at radius 2 is 1.76 bits per heavy atom. The highest BCUT2D eigenvalue weighted by molar-refractivity contribution is 5.88. The van der Waals surface area contributed by atoms with Gasteiger partial charge < -0.3 is 20.2 Å². The molecule has 0 radical (unpaired) electrons. The number of rotatable bonds is 11. The van der Waals surface area contributed by atoms with Crippen LogP contribution in [0.5, 0.6) is 0 Å². The molecule has 2 aromatic rings. The van der Waals surface area contributed by atoms with Gasteiger partial charge in [-0.3, -0.25) is 4.90 Å². The van der Waals surface area contributed by atoms with E-state index in [4.69, 9.17) is 5.11 Å². The van der Waals surface area contributed by atoms with Gasteiger partial charge in [0.25, 0.3) is 0 Å². The number of hydrogen-bond donors (Lipinski definition) is 2. The number of benzene rings is 1. The van der Waals surface area contributed by atoms with Crippen molar-refractivity contribution in [2.75, 3.05) is 25.0 Å². The number of likely N-dealkylation sites (tertiary alicyclic amines) is 1. The van der Waals surface area contributed by atoms with Crippen LogP contribution in [0.4, 0.5) is 16.4 Å². The zero-order valence-electron chi connectivity index (χ0n) is 27.5. The number of carbonyl (C=O) groups is 2. The Balaban J connectivity index is 1.19. The molecule has 242 valence electrons. The summed E-state index contributed by atoms with van der Waals surface area (Å²) in [5, 5.41) is 12.3. The second-order valence-corrected chi connectivity index (χ2v) is 13.2. The van der Waals surface area contributed by atoms with Gasteiger partial charge in [0, 0.05) is 61.4 Å². The number of carbonyl (C=O) groups excluding carboxylic acids is 1. The van der Waals surface area contributed by atoms with Crippen LogP contribution in [0.15, 0.2) is 53.8 Å². The summed E-state index contributed by atoms with van der Waals surface area (Å²) in [6, 6.07) is 7.80. The van der Waals surface area contributed by atoms with Crippen molar-refractivity contribution in [1.82, 2.24) is 24.7 Å². The molecule has 0 spiro atoms. The average molecular weight is 615 g/mol. The van der Waals surface area contributed by atoms with E-state index in [0.717, 1.165) is 81.6 Å². The Kier molecular flexibility index (Phi) is 10.9. The van der Waals surface area contributed by atoms with Gasteiger partial charge in [0.1, 0.15) is 0 Å². The van der Waals surface area contributed by atoms with Crippen LogP contribution in [0.25, 0.3) is 0 Å². The van der Waals surface area contributed by atoms with E-state index in [0.29, 0.717) is 12.0 Å². The summed E-state index contributed by atoms with van der Waals surface area (Å²) in [6.45, 7) is 12.0. The predicted octanol–water partition coefficient (Wildman–Crippen LogP) is 7.32. The molecule has 1 atom stereocenters. The van der Waals surface area contributed by atoms with E-state index in [9.17, 15) is 9.59 Å². The molecule has 9 nitrogen and oxygen atoms in total. The Bertz CT molecular complexity index is 1390. The summed E-state index contributed by atoms with van der Waals surface area (Å²) in [6.07, 6.45) is 16.4. The van der Waals surface area contributed by atoms with Crippen LogP contribution in [0.2, 0.25) is 0 Å². The number of carboxylic acids is 1. The summed E-state index contributed by atoms with van der Waals surface area (Å²) in [5.74, 6) is -0.460. The molecule has 1 unspecified atom stereocenters. The highest BCUT2D eigenvalue weighted by atomic mass is 16.4. The monoisotopic (exact) mass is 614 g/mol. The number of hydrogen-bond acceptors (Lipinski definition) is 6. The molecule has 2 saturated heterocycles. The van der Waals surface area contributed by atoms with Crippen LogP contribution in [0.1, 0.15) is 100 Å². The number of aromatic nitrogens is 2. The van der Waals surface area contributed by atoms with Crippen LogP contribution in [0.3, 0.4) is 0 Å². The molecule has 1 aromatic heterocycles. The van der Waals surface area contributed by atoms with E-state index in [1.807, 2.05) is 13.1 Å². The van der Waals surface area contributed by atoms with E-state index in [1.54, 1.807) is 24.3 Å². The molecule has 45 heavy (non-hydrogen) atoms. The summed E-state index contributed by atoms with van der Waals surface area (Å²) in [4.78, 5) is 41.3. The average Bonchev–Trinajstić information content (AvgIpc) is 3.38. The Morgan fingerprint density at radius 1 is 1.04 bits per heavy atom. The molecule has 1 saturated carbocycles. The molecule has 2 amide bonds. The van der Waals surface area contributed by atoms with E-state index >= 15 is 0 Å². The first-order valence-corrected chi connectivity index (χ1v) is 16.8. The maximum atomic E-state index is 14.0. The second-order valence-electron chi connectivity index (χ2n) is 13.2. The fourth-order valence-electron chi connectivity index (χ4n) is 7.15. The molecule has 3 heterocycles. The van der Waals surface area contributed by atoms with Crippen molar-refractivity contribution in [1.29, 1.82) is 0 Å². The van der Waals surface area contributed by atoms with Gasteiger partial charge in [-0.15, -0.1) is 0 Å². The van der Waals surface area contributed by atoms with Gasteiger partial charge in [-0.2, -0.15) is 0 Å². The summed E-state index contributed by atoms with van der Waals surface area (Å²) in [5.41, 5.74) is 5.68. The Hall–Kier alpha value is -3.72. The molecule has 9 heteroatoms. The quantitative estimate of drug-likeness (QED) is 0.256. The number of nitrogens with zero attached hydrogens (tertiary/aromatic N) is 5. The first-order chi connectivity index (χ1) is 21.7. The zero-order chi connectivity index (χ0) is 31.9. The van der Waals surface area contributed by atoms with Gasteiger partial charge in [-0.25, -0.2) is 19.6 Å². The van der Waals surface area contributed by atoms with Gasteiger partial charge in [-0.1, -0.05) is 42.6 Å². The van der Waals surface area contributed by atoms with E-state index in [1.165, 1.54) is 30.4 Å². The lowest BCUT2D eigenvalue weighted by Gasteiger charge is -2.39. The van der Waals surface area contributed by atoms with Gasteiger partial charge in [0.05, 0.1) is 11.6 Å². The number of aromatic carboxylic acids is 1. The lowest BCUT2D eigenvalue weighted by atomic mass is 9.94. The van der Waals surface area contributed by atoms with Crippen molar-refractivity contribution in [3.8, 4) is 0 Å². The lowest BCUT2D eigenvalue weighted by molar-refractivity contribution is 0.0696. The molecule has 1 aromatic carbocycles. The smallest absolute Gasteiger partial charge is 0.335 e. The molecule has 2 N–H and O–H groups in total. The van der Waals surface area contributed by atoms with Crippen molar-refractivity contribution < 1.29 is 14.7 Å². The standard InChI is InChI=1S/C36H50N6O3/c1-5-25(2)21-26(3)11-16-33-24-41(31-9-7-6-8-10-31)36(45)42(33)32-17-19-40(20-18-32)23-29-22-37-35(38-27(29)4)39-30-14-12-28(13-15-30)34(43)44/h5,12-15,21-22,31-33H,6-11,16-20,23-24H2,1-4H3,(H,43,44)(H,37,38,39)/b25-5-,26-21+. The fraction of sp³-hybridized carbons (Fsp3) is 0.556. The lowest BCUT2D eigenvalue weighted by Crippen LogP contribution is -2.49. The van der Waals surface area contributed by atoms with E-state index in [-0.39, 0.29) is 23.7 Å². The largest absolute Gasteiger partial charge is 0.478 e. The zero-order valence-corrected chi connectivity index (χ0v) is 27.5. The minimum atomic E-state index is -0.950. The summed E-state index contributed by atoms with van der Waals surface area (Å²) < 4.78 is 0. The van der Waals surface area contributed by atoms with Crippen molar-refractivity contribution in [2.24, 2.45) is 0 Å². The van der Waals surface area contributed by atoms with Crippen LogP contribution in [-0.4, -0.2) is 79.5 Å². The number of urea groups is 1. The molecule has 0 bridgehead atoms. The Morgan fingerprint density at radius 3 is 2.40 bits per heavy atom. The number of piperidine rings is 1. The first-order valence-electron chi connectivity index (χ1n) is 16.8. The van der Waals surface area contributed by atoms with Crippen molar-refractivity contribution >= 4 is 23.6 Å². The van der Waals surface area contributed by atoms with E-state index < -0.39 is 5.97 Å². The van der Waals surface area contributed by atoms with Crippen molar-refractivity contribution in [2.45, 2.75) is 110 Å². The molecule has 3 aliphatic rings.